The maximum atomic E-state index is 12.9. The molecule has 0 fully saturated rings. The Morgan fingerprint density at radius 1 is 1.22 bits per heavy atom. The third kappa shape index (κ3) is 2.70. The van der Waals surface area contributed by atoms with E-state index in [-0.39, 0.29) is 11.5 Å². The van der Waals surface area contributed by atoms with E-state index in [0.717, 1.165) is 10.9 Å². The largest absolute Gasteiger partial charge is 0.437 e. The van der Waals surface area contributed by atoms with Gasteiger partial charge in [-0.2, -0.15) is 23.4 Å². The first kappa shape index (κ1) is 14.9. The molecule has 0 aromatic carbocycles. The lowest BCUT2D eigenvalue weighted by Crippen LogP contribution is -2.18. The molecule has 0 aliphatic carbocycles. The van der Waals surface area contributed by atoms with Crippen LogP contribution in [-0.4, -0.2) is 25.3 Å². The van der Waals surface area contributed by atoms with Crippen molar-refractivity contribution in [2.75, 3.05) is 11.1 Å². The van der Waals surface area contributed by atoms with Crippen molar-refractivity contribution in [2.45, 2.75) is 6.18 Å². The Labute approximate surface area is 127 Å². The van der Waals surface area contributed by atoms with Crippen LogP contribution < -0.4 is 11.1 Å². The van der Waals surface area contributed by atoms with Crippen LogP contribution in [0.1, 0.15) is 16.2 Å². The SMILES string of the molecule is Cn1cc(NC(=O)c2ccc3ccc(N)nn23)c(C(F)(F)F)n1. The zero-order chi connectivity index (χ0) is 16.8. The number of halogens is 3. The molecule has 23 heavy (non-hydrogen) atoms. The summed E-state index contributed by atoms with van der Waals surface area (Å²) in [5.41, 5.74) is 4.62. The number of carbonyl (C=O) groups is 1. The topological polar surface area (TPSA) is 90.2 Å². The molecular formula is C13H11F3N6O. The van der Waals surface area contributed by atoms with Crippen LogP contribution in [0.5, 0.6) is 0 Å². The Balaban J connectivity index is 1.97. The van der Waals surface area contributed by atoms with E-state index < -0.39 is 23.5 Å². The summed E-state index contributed by atoms with van der Waals surface area (Å²) in [5.74, 6) is -0.568. The van der Waals surface area contributed by atoms with Crippen LogP contribution in [0.25, 0.3) is 5.52 Å². The predicted molar refractivity (Wildman–Crippen MR) is 75.8 cm³/mol. The van der Waals surface area contributed by atoms with Gasteiger partial charge in [-0.1, -0.05) is 0 Å². The van der Waals surface area contributed by atoms with Crippen molar-refractivity contribution in [3.63, 3.8) is 0 Å². The summed E-state index contributed by atoms with van der Waals surface area (Å²) in [6.45, 7) is 0. The Morgan fingerprint density at radius 2 is 1.91 bits per heavy atom. The third-order valence-electron chi connectivity index (χ3n) is 3.10. The van der Waals surface area contributed by atoms with Crippen molar-refractivity contribution < 1.29 is 18.0 Å². The number of nitrogens with two attached hydrogens (primary N) is 1. The summed E-state index contributed by atoms with van der Waals surface area (Å²) in [7, 11) is 1.33. The Bertz CT molecular complexity index is 895. The molecule has 3 rings (SSSR count). The zero-order valence-corrected chi connectivity index (χ0v) is 11.8. The molecule has 0 radical (unpaired) electrons. The van der Waals surface area contributed by atoms with E-state index >= 15 is 0 Å². The van der Waals surface area contributed by atoms with Gasteiger partial charge in [-0.3, -0.25) is 9.48 Å². The van der Waals surface area contributed by atoms with E-state index in [9.17, 15) is 18.0 Å². The second-order valence-electron chi connectivity index (χ2n) is 4.83. The summed E-state index contributed by atoms with van der Waals surface area (Å²) in [6, 6.07) is 6.25. The number of aromatic nitrogens is 4. The van der Waals surface area contributed by atoms with Gasteiger partial charge in [0.2, 0.25) is 0 Å². The Kier molecular flexibility index (Phi) is 3.24. The monoisotopic (exact) mass is 324 g/mol. The first-order valence-electron chi connectivity index (χ1n) is 6.42. The average molecular weight is 324 g/mol. The van der Waals surface area contributed by atoms with Gasteiger partial charge in [-0.25, -0.2) is 4.52 Å². The lowest BCUT2D eigenvalue weighted by atomic mass is 10.3. The molecule has 10 heteroatoms. The standard InChI is InChI=1S/C13H11F3N6O/c1-21-6-8(11(20-21)13(14,15)16)18-12(23)9-4-2-7-3-5-10(17)19-22(7)9/h2-6H,1H3,(H2,17,19)(H,18,23). The predicted octanol–water partition coefficient (Wildman–Crippen LogP) is 1.92. The van der Waals surface area contributed by atoms with Gasteiger partial charge < -0.3 is 11.1 Å². The minimum absolute atomic E-state index is 0.0595. The van der Waals surface area contributed by atoms with Gasteiger partial charge in [0, 0.05) is 13.2 Å². The van der Waals surface area contributed by atoms with Crippen LogP contribution >= 0.6 is 0 Å². The van der Waals surface area contributed by atoms with Crippen LogP contribution in [0, 0.1) is 0 Å². The molecule has 3 aromatic heterocycles. The number of amides is 1. The van der Waals surface area contributed by atoms with Crippen molar-refractivity contribution in [1.82, 2.24) is 19.4 Å². The minimum atomic E-state index is -4.67. The van der Waals surface area contributed by atoms with Crippen LogP contribution in [0.3, 0.4) is 0 Å². The number of alkyl halides is 3. The number of hydrogen-bond acceptors (Lipinski definition) is 4. The van der Waals surface area contributed by atoms with Crippen molar-refractivity contribution in [2.24, 2.45) is 7.05 Å². The maximum Gasteiger partial charge on any atom is 0.437 e. The number of rotatable bonds is 2. The minimum Gasteiger partial charge on any atom is -0.382 e. The van der Waals surface area contributed by atoms with Crippen LogP contribution in [0.15, 0.2) is 30.5 Å². The highest BCUT2D eigenvalue weighted by Gasteiger charge is 2.37. The third-order valence-corrected chi connectivity index (χ3v) is 3.10. The average Bonchev–Trinajstić information content (AvgIpc) is 3.01. The van der Waals surface area contributed by atoms with E-state index in [1.165, 1.54) is 17.6 Å². The van der Waals surface area contributed by atoms with E-state index in [0.29, 0.717) is 5.52 Å². The van der Waals surface area contributed by atoms with Crippen LogP contribution in [-0.2, 0) is 13.2 Å². The van der Waals surface area contributed by atoms with Crippen molar-refractivity contribution in [3.8, 4) is 0 Å². The van der Waals surface area contributed by atoms with Gasteiger partial charge in [0.1, 0.15) is 11.5 Å². The number of anilines is 2. The fourth-order valence-corrected chi connectivity index (χ4v) is 2.15. The van der Waals surface area contributed by atoms with Crippen molar-refractivity contribution in [1.29, 1.82) is 0 Å². The smallest absolute Gasteiger partial charge is 0.382 e. The first-order chi connectivity index (χ1) is 10.8. The molecule has 0 aliphatic rings. The summed E-state index contributed by atoms with van der Waals surface area (Å²) in [4.78, 5) is 12.3. The molecule has 1 amide bonds. The van der Waals surface area contributed by atoms with Gasteiger partial charge in [-0.05, 0) is 24.3 Å². The van der Waals surface area contributed by atoms with Gasteiger partial charge in [0.25, 0.3) is 5.91 Å². The molecule has 120 valence electrons. The van der Waals surface area contributed by atoms with E-state index in [1.54, 1.807) is 18.2 Å². The molecule has 0 aliphatic heterocycles. The number of fused-ring (bicyclic) bond motifs is 1. The molecule has 3 heterocycles. The molecule has 0 atom stereocenters. The summed E-state index contributed by atoms with van der Waals surface area (Å²) in [5, 5.41) is 9.50. The van der Waals surface area contributed by atoms with Gasteiger partial charge >= 0.3 is 6.18 Å². The molecule has 0 bridgehead atoms. The molecule has 0 spiro atoms. The van der Waals surface area contributed by atoms with Gasteiger partial charge in [0.05, 0.1) is 11.2 Å². The molecule has 7 nitrogen and oxygen atoms in total. The summed E-state index contributed by atoms with van der Waals surface area (Å²) < 4.78 is 40.9. The fourth-order valence-electron chi connectivity index (χ4n) is 2.15. The van der Waals surface area contributed by atoms with Gasteiger partial charge in [0.15, 0.2) is 5.69 Å². The van der Waals surface area contributed by atoms with E-state index in [1.807, 2.05) is 0 Å². The van der Waals surface area contributed by atoms with Crippen LogP contribution in [0.4, 0.5) is 24.7 Å². The number of carbonyl (C=O) groups excluding carboxylic acids is 1. The first-order valence-corrected chi connectivity index (χ1v) is 6.42. The second-order valence-corrected chi connectivity index (χ2v) is 4.83. The number of hydrogen-bond donors (Lipinski definition) is 2. The molecule has 0 unspecified atom stereocenters. The highest BCUT2D eigenvalue weighted by atomic mass is 19.4. The maximum absolute atomic E-state index is 12.9. The van der Waals surface area contributed by atoms with Crippen molar-refractivity contribution in [3.05, 3.63) is 41.9 Å². The lowest BCUT2D eigenvalue weighted by molar-refractivity contribution is -0.140. The molecule has 0 saturated heterocycles. The number of aryl methyl sites for hydroxylation is 1. The summed E-state index contributed by atoms with van der Waals surface area (Å²) in [6.07, 6.45) is -3.59. The van der Waals surface area contributed by atoms with Gasteiger partial charge in [-0.15, -0.1) is 0 Å². The zero-order valence-electron chi connectivity index (χ0n) is 11.8. The van der Waals surface area contributed by atoms with Crippen molar-refractivity contribution >= 4 is 22.9 Å². The van der Waals surface area contributed by atoms with Crippen LogP contribution in [0.2, 0.25) is 0 Å². The Morgan fingerprint density at radius 3 is 2.61 bits per heavy atom. The van der Waals surface area contributed by atoms with E-state index in [2.05, 4.69) is 15.5 Å². The lowest BCUT2D eigenvalue weighted by Gasteiger charge is -2.07. The molecule has 0 saturated carbocycles. The second kappa shape index (κ2) is 5.00. The quantitative estimate of drug-likeness (QED) is 0.753. The molecule has 3 aromatic rings. The highest BCUT2D eigenvalue weighted by molar-refractivity contribution is 6.04. The molecule has 3 N–H and O–H groups in total. The number of nitrogen functional groups attached to an aromatic ring is 1. The summed E-state index contributed by atoms with van der Waals surface area (Å²) >= 11 is 0. The number of nitrogens with one attached hydrogen (secondary N) is 1. The molecular weight excluding hydrogens is 313 g/mol. The normalized spacial score (nSPS) is 11.8. The highest BCUT2D eigenvalue weighted by Crippen LogP contribution is 2.33. The van der Waals surface area contributed by atoms with E-state index in [4.69, 9.17) is 5.73 Å². The Hall–Kier alpha value is -3.04. The number of nitrogens with zero attached hydrogens (tertiary/aromatic N) is 4. The fraction of sp³-hybridized carbons (Fsp3) is 0.154.